The van der Waals surface area contributed by atoms with Crippen LogP contribution in [0.3, 0.4) is 0 Å². The number of rotatable bonds is 9. The molecule has 6 heteroatoms. The highest BCUT2D eigenvalue weighted by Gasteiger charge is 2.20. The number of carbonyl (C=O) groups is 1. The molecule has 5 nitrogen and oxygen atoms in total. The highest BCUT2D eigenvalue weighted by molar-refractivity contribution is 9.10. The molecule has 2 aromatic rings. The van der Waals surface area contributed by atoms with Crippen molar-refractivity contribution >= 4 is 21.9 Å². The van der Waals surface area contributed by atoms with Crippen LogP contribution in [0.25, 0.3) is 0 Å². The molecule has 0 bridgehead atoms. The highest BCUT2D eigenvalue weighted by atomic mass is 79.9. The number of esters is 1. The molecule has 136 valence electrons. The molecular formula is C19H23BrO5. The number of ether oxygens (including phenoxy) is 3. The minimum Gasteiger partial charge on any atom is -0.486 e. The van der Waals surface area contributed by atoms with Crippen LogP contribution in [0.4, 0.5) is 0 Å². The topological polar surface area (TPSA) is 57.9 Å². The summed E-state index contributed by atoms with van der Waals surface area (Å²) in [5, 5.41) is 0. The normalized spacial score (nSPS) is 12.0. The van der Waals surface area contributed by atoms with Crippen LogP contribution in [0.2, 0.25) is 0 Å². The molecule has 1 aromatic heterocycles. The van der Waals surface area contributed by atoms with Gasteiger partial charge in [0.1, 0.15) is 18.1 Å². The Kier molecular flexibility index (Phi) is 7.52. The maximum absolute atomic E-state index is 11.9. The lowest BCUT2D eigenvalue weighted by Crippen LogP contribution is -2.28. The van der Waals surface area contributed by atoms with Gasteiger partial charge in [0.2, 0.25) is 0 Å². The summed E-state index contributed by atoms with van der Waals surface area (Å²) < 4.78 is 22.5. The fourth-order valence-corrected chi connectivity index (χ4v) is 2.89. The molecule has 1 heterocycles. The molecule has 2 rings (SSSR count). The standard InChI is InChI=1S/C19H23BrO5/c1-4-22-16(19(21)23-5-2)11-14-6-8-15(9-7-14)24-12-17-13(3)10-18(20)25-17/h6-10,16H,4-5,11-12H2,1-3H3/t16-/m1/s1. The Bertz CT molecular complexity index is 678. The summed E-state index contributed by atoms with van der Waals surface area (Å²) in [4.78, 5) is 11.9. The Morgan fingerprint density at radius 3 is 2.48 bits per heavy atom. The summed E-state index contributed by atoms with van der Waals surface area (Å²) >= 11 is 3.31. The van der Waals surface area contributed by atoms with Crippen LogP contribution < -0.4 is 4.74 Å². The first-order valence-corrected chi connectivity index (χ1v) is 9.07. The van der Waals surface area contributed by atoms with E-state index in [9.17, 15) is 4.79 Å². The van der Waals surface area contributed by atoms with Crippen LogP contribution in [0.15, 0.2) is 39.4 Å². The van der Waals surface area contributed by atoms with E-state index < -0.39 is 6.10 Å². The molecular weight excluding hydrogens is 388 g/mol. The monoisotopic (exact) mass is 410 g/mol. The molecule has 0 amide bonds. The number of carbonyl (C=O) groups excluding carboxylic acids is 1. The third kappa shape index (κ3) is 5.90. The van der Waals surface area contributed by atoms with E-state index in [-0.39, 0.29) is 5.97 Å². The van der Waals surface area contributed by atoms with Gasteiger partial charge in [0.05, 0.1) is 6.61 Å². The van der Waals surface area contributed by atoms with Gasteiger partial charge in [-0.05, 0) is 66.0 Å². The van der Waals surface area contributed by atoms with Crippen LogP contribution in [-0.2, 0) is 27.3 Å². The van der Waals surface area contributed by atoms with Gasteiger partial charge in [-0.15, -0.1) is 0 Å². The maximum Gasteiger partial charge on any atom is 0.335 e. The first-order valence-electron chi connectivity index (χ1n) is 8.28. The number of hydrogen-bond acceptors (Lipinski definition) is 5. The molecule has 0 N–H and O–H groups in total. The van der Waals surface area contributed by atoms with E-state index >= 15 is 0 Å². The van der Waals surface area contributed by atoms with Crippen molar-refractivity contribution < 1.29 is 23.4 Å². The van der Waals surface area contributed by atoms with E-state index in [1.54, 1.807) is 6.92 Å². The van der Waals surface area contributed by atoms with E-state index in [2.05, 4.69) is 15.9 Å². The molecule has 0 radical (unpaired) electrons. The van der Waals surface area contributed by atoms with Gasteiger partial charge >= 0.3 is 5.97 Å². The van der Waals surface area contributed by atoms with Crippen LogP contribution in [0, 0.1) is 6.92 Å². The molecule has 0 saturated heterocycles. The lowest BCUT2D eigenvalue weighted by molar-refractivity contribution is -0.156. The molecule has 1 atom stereocenters. The predicted octanol–water partition coefficient (Wildman–Crippen LogP) is 4.44. The van der Waals surface area contributed by atoms with Gasteiger partial charge in [-0.3, -0.25) is 0 Å². The van der Waals surface area contributed by atoms with Crippen molar-refractivity contribution in [3.63, 3.8) is 0 Å². The fraction of sp³-hybridized carbons (Fsp3) is 0.421. The quantitative estimate of drug-likeness (QED) is 0.571. The Hall–Kier alpha value is -1.79. The number of benzene rings is 1. The fourth-order valence-electron chi connectivity index (χ4n) is 2.35. The molecule has 0 aliphatic rings. The van der Waals surface area contributed by atoms with E-state index in [1.807, 2.05) is 44.2 Å². The van der Waals surface area contributed by atoms with Crippen LogP contribution in [0.5, 0.6) is 5.75 Å². The molecule has 0 spiro atoms. The van der Waals surface area contributed by atoms with Crippen molar-refractivity contribution in [3.8, 4) is 5.75 Å². The number of hydrogen-bond donors (Lipinski definition) is 0. The minimum atomic E-state index is -0.583. The SMILES string of the molecule is CCOC(=O)[C@@H](Cc1ccc(OCc2oc(Br)cc2C)cc1)OCC. The molecule has 25 heavy (non-hydrogen) atoms. The largest absolute Gasteiger partial charge is 0.486 e. The Labute approximate surface area is 156 Å². The zero-order valence-corrected chi connectivity index (χ0v) is 16.3. The summed E-state index contributed by atoms with van der Waals surface area (Å²) in [6, 6.07) is 9.50. The van der Waals surface area contributed by atoms with Gasteiger partial charge < -0.3 is 18.6 Å². The lowest BCUT2D eigenvalue weighted by atomic mass is 10.1. The molecule has 0 aliphatic carbocycles. The first kappa shape index (κ1) is 19.5. The lowest BCUT2D eigenvalue weighted by Gasteiger charge is -2.15. The number of aryl methyl sites for hydroxylation is 1. The van der Waals surface area contributed by atoms with E-state index in [0.717, 1.165) is 22.6 Å². The summed E-state index contributed by atoms with van der Waals surface area (Å²) in [5.41, 5.74) is 2.02. The van der Waals surface area contributed by atoms with Crippen molar-refractivity contribution in [2.24, 2.45) is 0 Å². The number of furan rings is 1. The van der Waals surface area contributed by atoms with Crippen molar-refractivity contribution in [3.05, 3.63) is 51.9 Å². The Morgan fingerprint density at radius 2 is 1.92 bits per heavy atom. The first-order chi connectivity index (χ1) is 12.0. The average molecular weight is 411 g/mol. The third-order valence-electron chi connectivity index (χ3n) is 3.62. The van der Waals surface area contributed by atoms with Crippen molar-refractivity contribution in [2.75, 3.05) is 13.2 Å². The number of halogens is 1. The van der Waals surface area contributed by atoms with E-state index in [0.29, 0.717) is 30.9 Å². The second-order valence-electron chi connectivity index (χ2n) is 5.49. The van der Waals surface area contributed by atoms with Crippen LogP contribution >= 0.6 is 15.9 Å². The third-order valence-corrected chi connectivity index (χ3v) is 4.01. The summed E-state index contributed by atoms with van der Waals surface area (Å²) in [5.74, 6) is 1.19. The van der Waals surface area contributed by atoms with Crippen molar-refractivity contribution in [2.45, 2.75) is 39.9 Å². The second kappa shape index (κ2) is 9.63. The van der Waals surface area contributed by atoms with Crippen LogP contribution in [0.1, 0.15) is 30.7 Å². The summed E-state index contributed by atoms with van der Waals surface area (Å²) in [6.07, 6.45) is -0.114. The summed E-state index contributed by atoms with van der Waals surface area (Å²) in [6.45, 7) is 6.78. The van der Waals surface area contributed by atoms with Crippen molar-refractivity contribution in [1.82, 2.24) is 0 Å². The minimum absolute atomic E-state index is 0.330. The average Bonchev–Trinajstić information content (AvgIpc) is 2.91. The zero-order valence-electron chi connectivity index (χ0n) is 14.7. The van der Waals surface area contributed by atoms with Gasteiger partial charge in [-0.1, -0.05) is 12.1 Å². The van der Waals surface area contributed by atoms with Gasteiger partial charge in [0, 0.05) is 13.0 Å². The molecule has 0 unspecified atom stereocenters. The van der Waals surface area contributed by atoms with Crippen LogP contribution in [-0.4, -0.2) is 25.3 Å². The van der Waals surface area contributed by atoms with E-state index in [4.69, 9.17) is 18.6 Å². The zero-order chi connectivity index (χ0) is 18.2. The molecule has 0 saturated carbocycles. The Balaban J connectivity index is 1.94. The smallest absolute Gasteiger partial charge is 0.335 e. The Morgan fingerprint density at radius 1 is 1.20 bits per heavy atom. The molecule has 1 aromatic carbocycles. The van der Waals surface area contributed by atoms with Crippen molar-refractivity contribution in [1.29, 1.82) is 0 Å². The van der Waals surface area contributed by atoms with Gasteiger partial charge in [-0.25, -0.2) is 4.79 Å². The van der Waals surface area contributed by atoms with Gasteiger partial charge in [0.25, 0.3) is 0 Å². The molecule has 0 fully saturated rings. The molecule has 0 aliphatic heterocycles. The summed E-state index contributed by atoms with van der Waals surface area (Å²) in [7, 11) is 0. The van der Waals surface area contributed by atoms with E-state index in [1.165, 1.54) is 0 Å². The maximum atomic E-state index is 11.9. The van der Waals surface area contributed by atoms with Gasteiger partial charge in [0.15, 0.2) is 10.8 Å². The second-order valence-corrected chi connectivity index (χ2v) is 6.27. The highest BCUT2D eigenvalue weighted by Crippen LogP contribution is 2.22. The predicted molar refractivity (Wildman–Crippen MR) is 97.7 cm³/mol. The van der Waals surface area contributed by atoms with Gasteiger partial charge in [-0.2, -0.15) is 0 Å².